The van der Waals surface area contributed by atoms with Gasteiger partial charge in [0.1, 0.15) is 23.9 Å². The first-order valence-electron chi connectivity index (χ1n) is 9.92. The van der Waals surface area contributed by atoms with E-state index >= 15 is 0 Å². The van der Waals surface area contributed by atoms with E-state index < -0.39 is 11.7 Å². The molecule has 2 aromatic heterocycles. The van der Waals surface area contributed by atoms with Crippen molar-refractivity contribution in [2.24, 2.45) is 0 Å². The quantitative estimate of drug-likeness (QED) is 0.415. The number of carbonyl (C=O) groups is 1. The van der Waals surface area contributed by atoms with Crippen LogP contribution in [-0.2, 0) is 13.2 Å². The molecule has 0 atom stereocenters. The Morgan fingerprint density at radius 3 is 2.91 bits per heavy atom. The molecule has 1 N–H and O–H groups in total. The topological polar surface area (TPSA) is 87.8 Å². The standard InChI is InChI=1S/C23H17ClFN3O5/c24-19-7-15(25)2-1-14(19)10-28-11-16(9-26-28)27-23(29)21-6-4-18(33-21)12-30-17-3-5-20-22(8-17)32-13-31-20/h1-9,11H,10,12-13H2,(H,27,29). The maximum absolute atomic E-state index is 13.2. The van der Waals surface area contributed by atoms with Crippen molar-refractivity contribution < 1.29 is 27.8 Å². The van der Waals surface area contributed by atoms with Crippen molar-refractivity contribution in [3.05, 3.63) is 88.8 Å². The predicted octanol–water partition coefficient (Wildman–Crippen LogP) is 4.88. The van der Waals surface area contributed by atoms with Gasteiger partial charge in [0.25, 0.3) is 5.91 Å². The zero-order valence-electron chi connectivity index (χ0n) is 17.1. The SMILES string of the molecule is O=C(Nc1cnn(Cc2ccc(F)cc2Cl)c1)c1ccc(COc2ccc3c(c2)OCO3)o1. The highest BCUT2D eigenvalue weighted by molar-refractivity contribution is 6.31. The molecular formula is C23H17ClFN3O5. The van der Waals surface area contributed by atoms with Gasteiger partial charge in [-0.05, 0) is 42.0 Å². The lowest BCUT2D eigenvalue weighted by Gasteiger charge is -2.05. The van der Waals surface area contributed by atoms with Crippen LogP contribution in [0.25, 0.3) is 0 Å². The molecule has 0 bridgehead atoms. The summed E-state index contributed by atoms with van der Waals surface area (Å²) in [5.74, 6) is 1.67. The molecule has 1 aliphatic rings. The summed E-state index contributed by atoms with van der Waals surface area (Å²) in [5.41, 5.74) is 1.19. The summed E-state index contributed by atoms with van der Waals surface area (Å²) in [4.78, 5) is 12.5. The smallest absolute Gasteiger partial charge is 0.291 e. The van der Waals surface area contributed by atoms with E-state index in [0.29, 0.717) is 45.8 Å². The second-order valence-corrected chi connectivity index (χ2v) is 7.59. The summed E-state index contributed by atoms with van der Waals surface area (Å²) in [6, 6.07) is 12.7. The molecule has 1 amide bonds. The van der Waals surface area contributed by atoms with Crippen molar-refractivity contribution in [1.29, 1.82) is 0 Å². The second kappa shape index (κ2) is 8.87. The maximum Gasteiger partial charge on any atom is 0.291 e. The maximum atomic E-state index is 13.2. The Bertz CT molecular complexity index is 1320. The summed E-state index contributed by atoms with van der Waals surface area (Å²) < 4.78 is 36.7. The van der Waals surface area contributed by atoms with Crippen LogP contribution >= 0.6 is 11.6 Å². The van der Waals surface area contributed by atoms with Gasteiger partial charge < -0.3 is 23.9 Å². The number of anilines is 1. The van der Waals surface area contributed by atoms with Gasteiger partial charge in [-0.15, -0.1) is 0 Å². The fourth-order valence-corrected chi connectivity index (χ4v) is 3.46. The molecule has 8 nitrogen and oxygen atoms in total. The molecule has 2 aromatic carbocycles. The molecule has 0 fully saturated rings. The van der Waals surface area contributed by atoms with Crippen LogP contribution in [0.3, 0.4) is 0 Å². The van der Waals surface area contributed by atoms with E-state index in [1.54, 1.807) is 47.3 Å². The predicted molar refractivity (Wildman–Crippen MR) is 116 cm³/mol. The molecule has 0 unspecified atom stereocenters. The molecule has 168 valence electrons. The van der Waals surface area contributed by atoms with Crippen molar-refractivity contribution >= 4 is 23.2 Å². The lowest BCUT2D eigenvalue weighted by molar-refractivity contribution is 0.0992. The number of fused-ring (bicyclic) bond motifs is 1. The van der Waals surface area contributed by atoms with Crippen LogP contribution in [0.4, 0.5) is 10.1 Å². The molecule has 3 heterocycles. The third kappa shape index (κ3) is 4.78. The lowest BCUT2D eigenvalue weighted by atomic mass is 10.2. The summed E-state index contributed by atoms with van der Waals surface area (Å²) in [5, 5.41) is 7.23. The van der Waals surface area contributed by atoms with Gasteiger partial charge in [-0.25, -0.2) is 4.39 Å². The van der Waals surface area contributed by atoms with Crippen LogP contribution in [-0.4, -0.2) is 22.5 Å². The van der Waals surface area contributed by atoms with Crippen LogP contribution in [0.15, 0.2) is 65.3 Å². The first-order valence-corrected chi connectivity index (χ1v) is 10.3. The molecule has 33 heavy (non-hydrogen) atoms. The van der Waals surface area contributed by atoms with Gasteiger partial charge in [0.2, 0.25) is 6.79 Å². The van der Waals surface area contributed by atoms with Crippen molar-refractivity contribution in [3.63, 3.8) is 0 Å². The van der Waals surface area contributed by atoms with Crippen LogP contribution in [0.2, 0.25) is 5.02 Å². The Morgan fingerprint density at radius 2 is 2.03 bits per heavy atom. The molecule has 4 aromatic rings. The number of ether oxygens (including phenoxy) is 3. The Labute approximate surface area is 192 Å². The molecule has 1 aliphatic heterocycles. The first-order chi connectivity index (χ1) is 16.0. The van der Waals surface area contributed by atoms with Crippen molar-refractivity contribution in [2.75, 3.05) is 12.1 Å². The molecule has 10 heteroatoms. The molecule has 0 aliphatic carbocycles. The number of carbonyl (C=O) groups excluding carboxylic acids is 1. The fourth-order valence-electron chi connectivity index (χ4n) is 3.23. The van der Waals surface area contributed by atoms with Crippen LogP contribution in [0, 0.1) is 5.82 Å². The van der Waals surface area contributed by atoms with E-state index in [2.05, 4.69) is 10.4 Å². The summed E-state index contributed by atoms with van der Waals surface area (Å²) in [7, 11) is 0. The normalized spacial score (nSPS) is 12.1. The van der Waals surface area contributed by atoms with Gasteiger partial charge in [0.15, 0.2) is 17.3 Å². The number of benzene rings is 2. The van der Waals surface area contributed by atoms with E-state index in [-0.39, 0.29) is 19.2 Å². The highest BCUT2D eigenvalue weighted by Crippen LogP contribution is 2.35. The largest absolute Gasteiger partial charge is 0.486 e. The summed E-state index contributed by atoms with van der Waals surface area (Å²) in [6.45, 7) is 0.661. The van der Waals surface area contributed by atoms with E-state index in [1.165, 1.54) is 18.3 Å². The van der Waals surface area contributed by atoms with E-state index in [9.17, 15) is 9.18 Å². The van der Waals surface area contributed by atoms with Crippen molar-refractivity contribution in [2.45, 2.75) is 13.2 Å². The molecule has 5 rings (SSSR count). The Hall–Kier alpha value is -3.98. The average Bonchev–Trinajstić information content (AvgIpc) is 3.55. The second-order valence-electron chi connectivity index (χ2n) is 7.19. The molecule has 0 radical (unpaired) electrons. The number of halogens is 2. The molecular weight excluding hydrogens is 453 g/mol. The monoisotopic (exact) mass is 469 g/mol. The number of hydrogen-bond donors (Lipinski definition) is 1. The number of hydrogen-bond acceptors (Lipinski definition) is 6. The third-order valence-corrected chi connectivity index (χ3v) is 5.20. The molecule has 0 saturated heterocycles. The van der Waals surface area contributed by atoms with Gasteiger partial charge in [0, 0.05) is 17.3 Å². The van der Waals surface area contributed by atoms with Crippen LogP contribution in [0.5, 0.6) is 17.2 Å². The van der Waals surface area contributed by atoms with Crippen molar-refractivity contribution in [1.82, 2.24) is 9.78 Å². The highest BCUT2D eigenvalue weighted by Gasteiger charge is 2.16. The van der Waals surface area contributed by atoms with Crippen LogP contribution in [0.1, 0.15) is 21.9 Å². The number of rotatable bonds is 7. The fraction of sp³-hybridized carbons (Fsp3) is 0.130. The third-order valence-electron chi connectivity index (χ3n) is 4.85. The van der Waals surface area contributed by atoms with Crippen LogP contribution < -0.4 is 19.5 Å². The van der Waals surface area contributed by atoms with E-state index in [0.717, 1.165) is 0 Å². The minimum Gasteiger partial charge on any atom is -0.486 e. The number of furan rings is 1. The van der Waals surface area contributed by atoms with E-state index in [1.807, 2.05) is 0 Å². The number of amides is 1. The van der Waals surface area contributed by atoms with Crippen molar-refractivity contribution in [3.8, 4) is 17.2 Å². The molecule has 0 spiro atoms. The van der Waals surface area contributed by atoms with Gasteiger partial charge in [-0.2, -0.15) is 5.10 Å². The van der Waals surface area contributed by atoms with E-state index in [4.69, 9.17) is 30.2 Å². The Kier molecular flexibility index (Phi) is 5.62. The summed E-state index contributed by atoms with van der Waals surface area (Å²) in [6.07, 6.45) is 3.14. The molecule has 0 saturated carbocycles. The zero-order chi connectivity index (χ0) is 22.8. The minimum absolute atomic E-state index is 0.133. The first kappa shape index (κ1) is 20.9. The van der Waals surface area contributed by atoms with Gasteiger partial charge in [0.05, 0.1) is 18.4 Å². The summed E-state index contributed by atoms with van der Waals surface area (Å²) >= 11 is 6.06. The van der Waals surface area contributed by atoms with Gasteiger partial charge in [-0.1, -0.05) is 17.7 Å². The highest BCUT2D eigenvalue weighted by atomic mass is 35.5. The average molecular weight is 470 g/mol. The Morgan fingerprint density at radius 1 is 1.15 bits per heavy atom. The van der Waals surface area contributed by atoms with Gasteiger partial charge in [-0.3, -0.25) is 9.48 Å². The number of aromatic nitrogens is 2. The number of nitrogens with zero attached hydrogens (tertiary/aromatic N) is 2. The minimum atomic E-state index is -0.427. The number of nitrogens with one attached hydrogen (secondary N) is 1. The zero-order valence-corrected chi connectivity index (χ0v) is 17.8. The Balaban J connectivity index is 1.17. The van der Waals surface area contributed by atoms with Gasteiger partial charge >= 0.3 is 0 Å². The lowest BCUT2D eigenvalue weighted by Crippen LogP contribution is -2.10.